The number of amides is 1. The smallest absolute Gasteiger partial charge is 0.264 e. The predicted octanol–water partition coefficient (Wildman–Crippen LogP) is 5.15. The minimum absolute atomic E-state index is 0.0235. The Labute approximate surface area is 202 Å². The maximum Gasteiger partial charge on any atom is 0.264 e. The van der Waals surface area contributed by atoms with Crippen molar-refractivity contribution in [3.05, 3.63) is 76.3 Å². The van der Waals surface area contributed by atoms with Crippen LogP contribution in [0.25, 0.3) is 0 Å². The first-order valence-corrected chi connectivity index (χ1v) is 11.9. The first kappa shape index (κ1) is 24.7. The summed E-state index contributed by atoms with van der Waals surface area (Å²) in [6.45, 7) is 1.32. The normalized spacial score (nSPS) is 11.1. The average molecular weight is 509 g/mol. The summed E-state index contributed by atoms with van der Waals surface area (Å²) >= 11 is 12.3. The zero-order valence-corrected chi connectivity index (χ0v) is 20.5. The van der Waals surface area contributed by atoms with Gasteiger partial charge in [-0.15, -0.1) is 0 Å². The van der Waals surface area contributed by atoms with E-state index in [1.807, 2.05) is 6.92 Å². The van der Waals surface area contributed by atoms with Crippen LogP contribution < -0.4 is 19.1 Å². The molecule has 0 fully saturated rings. The first-order chi connectivity index (χ1) is 15.6. The molecule has 0 saturated heterocycles. The van der Waals surface area contributed by atoms with Gasteiger partial charge in [0.15, 0.2) is 0 Å². The number of sulfonamides is 1. The number of benzene rings is 3. The van der Waals surface area contributed by atoms with Crippen LogP contribution in [0.3, 0.4) is 0 Å². The van der Waals surface area contributed by atoms with Gasteiger partial charge in [-0.2, -0.15) is 0 Å². The summed E-state index contributed by atoms with van der Waals surface area (Å²) in [5.41, 5.74) is 1.42. The van der Waals surface area contributed by atoms with Crippen molar-refractivity contribution in [1.82, 2.24) is 0 Å². The lowest BCUT2D eigenvalue weighted by molar-refractivity contribution is -0.114. The molecule has 0 atom stereocenters. The Balaban J connectivity index is 2.00. The topological polar surface area (TPSA) is 84.9 Å². The van der Waals surface area contributed by atoms with Crippen LogP contribution >= 0.6 is 23.2 Å². The number of methoxy groups -OCH3 is 2. The van der Waals surface area contributed by atoms with Gasteiger partial charge < -0.3 is 14.8 Å². The molecule has 3 aromatic rings. The molecule has 0 radical (unpaired) electrons. The number of hydrogen-bond acceptors (Lipinski definition) is 5. The summed E-state index contributed by atoms with van der Waals surface area (Å²) in [7, 11) is -1.26. The summed E-state index contributed by atoms with van der Waals surface area (Å²) in [4.78, 5) is 12.9. The van der Waals surface area contributed by atoms with E-state index >= 15 is 0 Å². The Kier molecular flexibility index (Phi) is 7.73. The highest BCUT2D eigenvalue weighted by Gasteiger charge is 2.30. The number of carbonyl (C=O) groups is 1. The average Bonchev–Trinajstić information content (AvgIpc) is 2.78. The summed E-state index contributed by atoms with van der Waals surface area (Å²) in [6, 6.07) is 15.6. The fraction of sp³-hybridized carbons (Fsp3) is 0.174. The van der Waals surface area contributed by atoms with E-state index in [0.717, 1.165) is 9.87 Å². The number of rotatable bonds is 8. The van der Waals surface area contributed by atoms with Gasteiger partial charge in [-0.05, 0) is 55.5 Å². The Morgan fingerprint density at radius 3 is 2.18 bits per heavy atom. The van der Waals surface area contributed by atoms with Crippen molar-refractivity contribution in [3.8, 4) is 11.5 Å². The van der Waals surface area contributed by atoms with Crippen LogP contribution in [0.1, 0.15) is 5.56 Å². The van der Waals surface area contributed by atoms with Gasteiger partial charge in [0.2, 0.25) is 5.91 Å². The fourth-order valence-electron chi connectivity index (χ4n) is 3.07. The van der Waals surface area contributed by atoms with E-state index in [0.29, 0.717) is 16.5 Å². The van der Waals surface area contributed by atoms with Gasteiger partial charge in [0.05, 0.1) is 29.8 Å². The highest BCUT2D eigenvalue weighted by Crippen LogP contribution is 2.35. The third-order valence-corrected chi connectivity index (χ3v) is 7.05. The molecule has 1 N–H and O–H groups in total. The number of carbonyl (C=O) groups excluding carboxylic acids is 1. The third kappa shape index (κ3) is 5.71. The largest absolute Gasteiger partial charge is 0.495 e. The molecule has 10 heteroatoms. The number of hydrogen-bond donors (Lipinski definition) is 1. The second kappa shape index (κ2) is 10.3. The first-order valence-electron chi connectivity index (χ1n) is 9.72. The molecule has 0 saturated carbocycles. The highest BCUT2D eigenvalue weighted by atomic mass is 35.5. The lowest BCUT2D eigenvalue weighted by Gasteiger charge is -2.26. The van der Waals surface area contributed by atoms with Gasteiger partial charge in [-0.25, -0.2) is 8.42 Å². The fourth-order valence-corrected chi connectivity index (χ4v) is 4.92. The Bertz CT molecular complexity index is 1260. The van der Waals surface area contributed by atoms with Crippen molar-refractivity contribution in [2.24, 2.45) is 0 Å². The third-order valence-electron chi connectivity index (χ3n) is 4.74. The summed E-state index contributed by atoms with van der Waals surface area (Å²) in [5, 5.41) is 3.25. The van der Waals surface area contributed by atoms with E-state index in [1.165, 1.54) is 44.6 Å². The summed E-state index contributed by atoms with van der Waals surface area (Å²) in [6.07, 6.45) is 0. The SMILES string of the molecule is COc1ccc(NC(=O)CN(c2cc(Cl)ccc2OC)S(=O)(=O)c2ccc(C)cc2)cc1Cl. The van der Waals surface area contributed by atoms with Crippen molar-refractivity contribution >= 4 is 50.5 Å². The van der Waals surface area contributed by atoms with E-state index in [-0.39, 0.29) is 21.4 Å². The number of nitrogens with zero attached hydrogens (tertiary/aromatic N) is 1. The zero-order chi connectivity index (χ0) is 24.2. The van der Waals surface area contributed by atoms with E-state index in [2.05, 4.69) is 5.32 Å². The number of anilines is 2. The maximum atomic E-state index is 13.6. The second-order valence-corrected chi connectivity index (χ2v) is 9.74. The molecule has 174 valence electrons. The van der Waals surface area contributed by atoms with Crippen LogP contribution in [0.5, 0.6) is 11.5 Å². The lowest BCUT2D eigenvalue weighted by atomic mass is 10.2. The second-order valence-electron chi connectivity index (χ2n) is 7.04. The van der Waals surface area contributed by atoms with Crippen molar-refractivity contribution in [2.45, 2.75) is 11.8 Å². The summed E-state index contributed by atoms with van der Waals surface area (Å²) < 4.78 is 38.5. The van der Waals surface area contributed by atoms with Gasteiger partial charge in [0, 0.05) is 10.7 Å². The highest BCUT2D eigenvalue weighted by molar-refractivity contribution is 7.92. The molecule has 0 aliphatic carbocycles. The van der Waals surface area contributed by atoms with Crippen molar-refractivity contribution in [3.63, 3.8) is 0 Å². The molecule has 3 rings (SSSR count). The standard InChI is InChI=1S/C23H22Cl2N2O5S/c1-15-4-8-18(9-5-15)33(29,30)27(20-12-16(24)6-10-22(20)32-3)14-23(28)26-17-7-11-21(31-2)19(25)13-17/h4-13H,14H2,1-3H3,(H,26,28). The molecule has 0 heterocycles. The van der Waals surface area contributed by atoms with Crippen LogP contribution in [0.4, 0.5) is 11.4 Å². The molecule has 0 aromatic heterocycles. The van der Waals surface area contributed by atoms with E-state index in [1.54, 1.807) is 30.3 Å². The van der Waals surface area contributed by atoms with Crippen LogP contribution in [-0.4, -0.2) is 35.1 Å². The van der Waals surface area contributed by atoms with Crippen molar-refractivity contribution in [2.75, 3.05) is 30.4 Å². The van der Waals surface area contributed by atoms with Crippen molar-refractivity contribution in [1.29, 1.82) is 0 Å². The monoisotopic (exact) mass is 508 g/mol. The molecule has 0 spiro atoms. The number of halogens is 2. The van der Waals surface area contributed by atoms with E-state index < -0.39 is 22.5 Å². The van der Waals surface area contributed by atoms with E-state index in [4.69, 9.17) is 32.7 Å². The number of ether oxygens (including phenoxy) is 2. The van der Waals surface area contributed by atoms with Gasteiger partial charge in [0.1, 0.15) is 18.0 Å². The Morgan fingerprint density at radius 1 is 0.939 bits per heavy atom. The minimum atomic E-state index is -4.14. The Morgan fingerprint density at radius 2 is 1.58 bits per heavy atom. The van der Waals surface area contributed by atoms with Gasteiger partial charge in [0.25, 0.3) is 10.0 Å². The maximum absolute atomic E-state index is 13.6. The van der Waals surface area contributed by atoms with Crippen LogP contribution in [0, 0.1) is 6.92 Å². The molecule has 0 aliphatic heterocycles. The van der Waals surface area contributed by atoms with Crippen molar-refractivity contribution < 1.29 is 22.7 Å². The molecule has 33 heavy (non-hydrogen) atoms. The van der Waals surface area contributed by atoms with Gasteiger partial charge in [-0.3, -0.25) is 9.10 Å². The molecule has 1 amide bonds. The lowest BCUT2D eigenvalue weighted by Crippen LogP contribution is -2.38. The molecule has 0 bridgehead atoms. The predicted molar refractivity (Wildman–Crippen MR) is 130 cm³/mol. The van der Waals surface area contributed by atoms with Crippen LogP contribution in [-0.2, 0) is 14.8 Å². The minimum Gasteiger partial charge on any atom is -0.495 e. The number of aryl methyl sites for hydroxylation is 1. The molecule has 3 aromatic carbocycles. The summed E-state index contributed by atoms with van der Waals surface area (Å²) in [5.74, 6) is 0.103. The molecular weight excluding hydrogens is 487 g/mol. The van der Waals surface area contributed by atoms with Crippen LogP contribution in [0.15, 0.2) is 65.6 Å². The Hall–Kier alpha value is -2.94. The van der Waals surface area contributed by atoms with Gasteiger partial charge in [-0.1, -0.05) is 40.9 Å². The molecule has 0 unspecified atom stereocenters. The molecular formula is C23H22Cl2N2O5S. The number of nitrogens with one attached hydrogen (secondary N) is 1. The zero-order valence-electron chi connectivity index (χ0n) is 18.1. The van der Waals surface area contributed by atoms with Crippen LogP contribution in [0.2, 0.25) is 10.0 Å². The molecule has 0 aliphatic rings. The quantitative estimate of drug-likeness (QED) is 0.454. The van der Waals surface area contributed by atoms with Gasteiger partial charge >= 0.3 is 0 Å². The van der Waals surface area contributed by atoms with E-state index in [9.17, 15) is 13.2 Å². The molecule has 7 nitrogen and oxygen atoms in total.